The van der Waals surface area contributed by atoms with E-state index in [4.69, 9.17) is 0 Å². The van der Waals surface area contributed by atoms with Crippen molar-refractivity contribution in [2.24, 2.45) is 0 Å². The van der Waals surface area contributed by atoms with Gasteiger partial charge in [-0.25, -0.2) is 4.39 Å². The lowest BCUT2D eigenvalue weighted by molar-refractivity contribution is -0.133. The standard InChI is InChI=1S/C24H28F4N4O4/c1-4-31(3)23(36)19-21(34)20(33)17(22(35)30-12-14-6-5-13(2)11-15(14)25)18-16(7-10-32(18)19)29-9-8-24(26,27)28/h5-6,11,16,29,34H,4,7-10,12H2,1-3H3,(H,30,35)/t16-/m0/s1. The normalized spacial score (nSPS) is 15.0. The van der Waals surface area contributed by atoms with Gasteiger partial charge in [0.25, 0.3) is 11.8 Å². The van der Waals surface area contributed by atoms with Gasteiger partial charge in [-0.1, -0.05) is 12.1 Å². The van der Waals surface area contributed by atoms with E-state index < -0.39 is 59.6 Å². The maximum atomic E-state index is 14.2. The molecule has 36 heavy (non-hydrogen) atoms. The van der Waals surface area contributed by atoms with Crippen LogP contribution in [0.15, 0.2) is 23.0 Å². The molecule has 0 radical (unpaired) electrons. The van der Waals surface area contributed by atoms with Gasteiger partial charge in [-0.2, -0.15) is 13.2 Å². The first-order valence-electron chi connectivity index (χ1n) is 11.4. The molecule has 12 heteroatoms. The number of rotatable bonds is 8. The molecule has 1 aliphatic heterocycles. The van der Waals surface area contributed by atoms with E-state index in [1.54, 1.807) is 19.9 Å². The minimum atomic E-state index is -4.41. The highest BCUT2D eigenvalue weighted by Crippen LogP contribution is 2.33. The maximum Gasteiger partial charge on any atom is 0.390 e. The summed E-state index contributed by atoms with van der Waals surface area (Å²) in [6, 6.07) is 3.55. The fourth-order valence-corrected chi connectivity index (χ4v) is 4.12. The van der Waals surface area contributed by atoms with Crippen molar-refractivity contribution in [1.29, 1.82) is 0 Å². The van der Waals surface area contributed by atoms with E-state index in [1.807, 2.05) is 0 Å². The Bertz CT molecular complexity index is 1230. The fourth-order valence-electron chi connectivity index (χ4n) is 4.12. The van der Waals surface area contributed by atoms with E-state index in [0.29, 0.717) is 5.56 Å². The summed E-state index contributed by atoms with van der Waals surface area (Å²) in [6.45, 7) is 2.99. The van der Waals surface area contributed by atoms with Crippen molar-refractivity contribution in [2.45, 2.75) is 52.0 Å². The molecule has 3 rings (SSSR count). The van der Waals surface area contributed by atoms with E-state index in [9.17, 15) is 37.1 Å². The molecule has 196 valence electrons. The van der Waals surface area contributed by atoms with Crippen LogP contribution in [0.3, 0.4) is 0 Å². The Kier molecular flexibility index (Phi) is 8.07. The van der Waals surface area contributed by atoms with E-state index in [2.05, 4.69) is 10.6 Å². The van der Waals surface area contributed by atoms with Crippen LogP contribution in [0.5, 0.6) is 5.75 Å². The first-order chi connectivity index (χ1) is 16.9. The molecule has 0 fully saturated rings. The quantitative estimate of drug-likeness (QED) is 0.472. The van der Waals surface area contributed by atoms with Crippen molar-refractivity contribution in [3.8, 4) is 5.75 Å². The van der Waals surface area contributed by atoms with Crippen LogP contribution in [0, 0.1) is 12.7 Å². The molecule has 2 amide bonds. The van der Waals surface area contributed by atoms with Crippen molar-refractivity contribution < 1.29 is 32.3 Å². The number of amides is 2. The molecule has 0 saturated carbocycles. The van der Waals surface area contributed by atoms with Gasteiger partial charge in [0.15, 0.2) is 11.4 Å². The van der Waals surface area contributed by atoms with Gasteiger partial charge in [-0.3, -0.25) is 14.4 Å². The lowest BCUT2D eigenvalue weighted by Crippen LogP contribution is -2.37. The summed E-state index contributed by atoms with van der Waals surface area (Å²) in [5, 5.41) is 15.8. The lowest BCUT2D eigenvalue weighted by atomic mass is 10.0. The van der Waals surface area contributed by atoms with Crippen molar-refractivity contribution in [3.05, 3.63) is 62.3 Å². The average molecular weight is 513 g/mol. The summed E-state index contributed by atoms with van der Waals surface area (Å²) in [6.07, 6.45) is -5.36. The minimum Gasteiger partial charge on any atom is -0.503 e. The number of aryl methyl sites for hydroxylation is 1. The zero-order valence-electron chi connectivity index (χ0n) is 20.1. The maximum absolute atomic E-state index is 14.2. The SMILES string of the molecule is CCN(C)C(=O)c1c(O)c(=O)c(C(=O)NCc2ccc(C)cc2F)c2n1CC[C@@H]2NCCC(F)(F)F. The number of fused-ring (bicyclic) bond motifs is 1. The molecule has 2 aromatic rings. The summed E-state index contributed by atoms with van der Waals surface area (Å²) in [5.41, 5.74) is -1.12. The number of halogens is 4. The van der Waals surface area contributed by atoms with Crippen LogP contribution in [0.25, 0.3) is 0 Å². The van der Waals surface area contributed by atoms with Crippen LogP contribution in [-0.2, 0) is 13.1 Å². The van der Waals surface area contributed by atoms with E-state index in [0.717, 1.165) is 0 Å². The van der Waals surface area contributed by atoms with Crippen LogP contribution < -0.4 is 16.1 Å². The van der Waals surface area contributed by atoms with E-state index >= 15 is 0 Å². The minimum absolute atomic E-state index is 0.00899. The molecule has 0 unspecified atom stereocenters. The van der Waals surface area contributed by atoms with E-state index in [1.165, 1.54) is 28.6 Å². The third-order valence-corrected chi connectivity index (χ3v) is 6.15. The van der Waals surface area contributed by atoms with Crippen LogP contribution in [0.2, 0.25) is 0 Å². The molecule has 8 nitrogen and oxygen atoms in total. The van der Waals surface area contributed by atoms with Gasteiger partial charge in [0.1, 0.15) is 11.4 Å². The van der Waals surface area contributed by atoms with Gasteiger partial charge in [-0.05, 0) is 31.9 Å². The van der Waals surface area contributed by atoms with Gasteiger partial charge in [-0.15, -0.1) is 0 Å². The molecular formula is C24H28F4N4O4. The highest BCUT2D eigenvalue weighted by molar-refractivity contribution is 5.99. The monoisotopic (exact) mass is 512 g/mol. The van der Waals surface area contributed by atoms with Crippen molar-refractivity contribution >= 4 is 11.8 Å². The Balaban J connectivity index is 2.03. The number of benzene rings is 1. The molecule has 0 saturated heterocycles. The molecule has 1 atom stereocenters. The smallest absolute Gasteiger partial charge is 0.390 e. The third kappa shape index (κ3) is 5.69. The van der Waals surface area contributed by atoms with E-state index in [-0.39, 0.29) is 43.0 Å². The summed E-state index contributed by atoms with van der Waals surface area (Å²) < 4.78 is 53.6. The zero-order chi connectivity index (χ0) is 26.8. The molecule has 2 heterocycles. The highest BCUT2D eigenvalue weighted by atomic mass is 19.4. The Morgan fingerprint density at radius 1 is 1.28 bits per heavy atom. The predicted molar refractivity (Wildman–Crippen MR) is 123 cm³/mol. The van der Waals surface area contributed by atoms with Crippen LogP contribution in [0.4, 0.5) is 17.6 Å². The number of carbonyl (C=O) groups excluding carboxylic acids is 2. The molecule has 0 bridgehead atoms. The number of pyridine rings is 1. The molecule has 0 aliphatic carbocycles. The second-order valence-electron chi connectivity index (χ2n) is 8.70. The van der Waals surface area contributed by atoms with Crippen molar-refractivity contribution in [2.75, 3.05) is 20.1 Å². The second kappa shape index (κ2) is 10.7. The Labute approximate surface area is 204 Å². The van der Waals surface area contributed by atoms with Crippen LogP contribution in [-0.4, -0.2) is 52.7 Å². The summed E-state index contributed by atoms with van der Waals surface area (Å²) in [4.78, 5) is 40.4. The zero-order valence-corrected chi connectivity index (χ0v) is 20.1. The number of aromatic nitrogens is 1. The number of nitrogens with one attached hydrogen (secondary N) is 2. The largest absolute Gasteiger partial charge is 0.503 e. The fraction of sp³-hybridized carbons (Fsp3) is 0.458. The summed E-state index contributed by atoms with van der Waals surface area (Å²) in [5.74, 6) is -3.09. The Hall–Kier alpha value is -3.41. The molecule has 3 N–H and O–H groups in total. The molecular weight excluding hydrogens is 484 g/mol. The van der Waals surface area contributed by atoms with Gasteiger partial charge in [0.2, 0.25) is 5.43 Å². The molecule has 1 aliphatic rings. The number of hydrogen-bond donors (Lipinski definition) is 3. The number of hydrogen-bond acceptors (Lipinski definition) is 5. The summed E-state index contributed by atoms with van der Waals surface area (Å²) >= 11 is 0. The Morgan fingerprint density at radius 3 is 2.58 bits per heavy atom. The average Bonchev–Trinajstić information content (AvgIpc) is 3.20. The summed E-state index contributed by atoms with van der Waals surface area (Å²) in [7, 11) is 1.46. The first-order valence-corrected chi connectivity index (χ1v) is 11.4. The third-order valence-electron chi connectivity index (χ3n) is 6.15. The van der Waals surface area contributed by atoms with Gasteiger partial charge in [0.05, 0.1) is 18.2 Å². The highest BCUT2D eigenvalue weighted by Gasteiger charge is 2.37. The molecule has 1 aromatic heterocycles. The predicted octanol–water partition coefficient (Wildman–Crippen LogP) is 3.01. The van der Waals surface area contributed by atoms with Crippen LogP contribution >= 0.6 is 0 Å². The Morgan fingerprint density at radius 2 is 1.97 bits per heavy atom. The topological polar surface area (TPSA) is 104 Å². The molecule has 0 spiro atoms. The number of carbonyl (C=O) groups is 2. The lowest BCUT2D eigenvalue weighted by Gasteiger charge is -2.22. The van der Waals surface area contributed by atoms with Gasteiger partial charge < -0.3 is 25.2 Å². The number of alkyl halides is 3. The molecule has 1 aromatic carbocycles. The number of aromatic hydroxyl groups is 1. The van der Waals surface area contributed by atoms with Gasteiger partial charge in [0, 0.05) is 38.8 Å². The van der Waals surface area contributed by atoms with Gasteiger partial charge >= 0.3 is 6.18 Å². The van der Waals surface area contributed by atoms with Crippen molar-refractivity contribution in [1.82, 2.24) is 20.1 Å². The van der Waals surface area contributed by atoms with Crippen LogP contribution in [0.1, 0.15) is 63.5 Å². The second-order valence-corrected chi connectivity index (χ2v) is 8.70. The van der Waals surface area contributed by atoms with Crippen molar-refractivity contribution in [3.63, 3.8) is 0 Å². The number of nitrogens with zero attached hydrogens (tertiary/aromatic N) is 2. The first kappa shape index (κ1) is 27.2.